The number of halogens is 2. The lowest BCUT2D eigenvalue weighted by Gasteiger charge is -2.23. The number of carbonyl (C=O) groups excluding carboxylic acids is 1. The van der Waals surface area contributed by atoms with Crippen LogP contribution in [0.4, 0.5) is 13.9 Å². The van der Waals surface area contributed by atoms with Crippen LogP contribution in [0.5, 0.6) is 0 Å². The summed E-state index contributed by atoms with van der Waals surface area (Å²) in [6.07, 6.45) is -2.71. The van der Waals surface area contributed by atoms with Crippen LogP contribution >= 0.6 is 11.3 Å². The van der Waals surface area contributed by atoms with E-state index in [0.717, 1.165) is 0 Å². The van der Waals surface area contributed by atoms with Gasteiger partial charge in [-0.3, -0.25) is 10.1 Å². The van der Waals surface area contributed by atoms with Crippen LogP contribution < -0.4 is 11.1 Å². The molecule has 0 spiro atoms. The number of hydrogen-bond donors (Lipinski definition) is 2. The summed E-state index contributed by atoms with van der Waals surface area (Å²) in [5, 5.41) is 8.73. The summed E-state index contributed by atoms with van der Waals surface area (Å²) < 4.78 is 24.8. The molecule has 5 nitrogen and oxygen atoms in total. The number of nitrogens with one attached hydrogen (secondary N) is 1. The van der Waals surface area contributed by atoms with E-state index in [1.54, 1.807) is 30.3 Å². The quantitative estimate of drug-likeness (QED) is 0.907. The van der Waals surface area contributed by atoms with Crippen LogP contribution in [0.25, 0.3) is 0 Å². The second-order valence-electron chi connectivity index (χ2n) is 4.27. The van der Waals surface area contributed by atoms with Gasteiger partial charge in [-0.15, -0.1) is 10.2 Å². The number of benzene rings is 1. The second kappa shape index (κ2) is 5.59. The van der Waals surface area contributed by atoms with Gasteiger partial charge in [-0.1, -0.05) is 41.7 Å². The van der Waals surface area contributed by atoms with E-state index < -0.39 is 22.9 Å². The minimum absolute atomic E-state index is 0.00194. The Bertz CT molecular complexity index is 601. The molecule has 1 aromatic carbocycles. The first-order valence-electron chi connectivity index (χ1n) is 5.68. The molecular weight excluding hydrogens is 286 g/mol. The van der Waals surface area contributed by atoms with Crippen LogP contribution in [0.3, 0.4) is 0 Å². The van der Waals surface area contributed by atoms with Crippen molar-refractivity contribution in [1.29, 1.82) is 0 Å². The molecule has 0 saturated carbocycles. The van der Waals surface area contributed by atoms with Gasteiger partial charge in [-0.2, -0.15) is 0 Å². The highest BCUT2D eigenvalue weighted by Crippen LogP contribution is 2.26. The molecule has 2 rings (SSSR count). The van der Waals surface area contributed by atoms with Crippen LogP contribution in [0.15, 0.2) is 30.3 Å². The Morgan fingerprint density at radius 2 is 2.00 bits per heavy atom. The zero-order chi connectivity index (χ0) is 14.8. The molecule has 1 amide bonds. The first kappa shape index (κ1) is 14.5. The lowest BCUT2D eigenvalue weighted by atomic mass is 9.92. The van der Waals surface area contributed by atoms with Gasteiger partial charge >= 0.3 is 0 Å². The largest absolute Gasteiger partial charge is 0.314 e. The van der Waals surface area contributed by atoms with E-state index in [1.807, 2.05) is 0 Å². The second-order valence-corrected chi connectivity index (χ2v) is 5.28. The fourth-order valence-electron chi connectivity index (χ4n) is 1.52. The highest BCUT2D eigenvalue weighted by molar-refractivity contribution is 7.15. The van der Waals surface area contributed by atoms with E-state index in [2.05, 4.69) is 15.5 Å². The summed E-state index contributed by atoms with van der Waals surface area (Å²) in [6.45, 7) is 1.53. The third-order valence-corrected chi connectivity index (χ3v) is 3.54. The molecule has 1 atom stereocenters. The normalized spacial score (nSPS) is 14.1. The summed E-state index contributed by atoms with van der Waals surface area (Å²) in [5.74, 6) is -0.541. The molecule has 3 N–H and O–H groups in total. The SMILES string of the molecule is CC(N)(C(=O)Nc1nnc(C(F)F)s1)c1ccccc1. The van der Waals surface area contributed by atoms with E-state index in [1.165, 1.54) is 6.92 Å². The summed E-state index contributed by atoms with van der Waals surface area (Å²) in [4.78, 5) is 12.1. The number of aromatic nitrogens is 2. The number of nitrogens with two attached hydrogens (primary N) is 1. The van der Waals surface area contributed by atoms with Crippen LogP contribution in [0.2, 0.25) is 0 Å². The molecule has 1 unspecified atom stereocenters. The van der Waals surface area contributed by atoms with Gasteiger partial charge in [0.05, 0.1) is 0 Å². The molecular formula is C12H12F2N4OS. The number of carbonyl (C=O) groups is 1. The summed E-state index contributed by atoms with van der Waals surface area (Å²) in [6, 6.07) is 8.74. The minimum atomic E-state index is -2.71. The Morgan fingerprint density at radius 1 is 1.35 bits per heavy atom. The van der Waals surface area contributed by atoms with E-state index in [4.69, 9.17) is 5.73 Å². The molecule has 2 aromatic rings. The van der Waals surface area contributed by atoms with Gasteiger partial charge in [-0.25, -0.2) is 8.78 Å². The van der Waals surface area contributed by atoms with E-state index >= 15 is 0 Å². The van der Waals surface area contributed by atoms with Gasteiger partial charge in [0.2, 0.25) is 5.13 Å². The van der Waals surface area contributed by atoms with E-state index in [-0.39, 0.29) is 5.13 Å². The minimum Gasteiger partial charge on any atom is -0.314 e. The average Bonchev–Trinajstić information content (AvgIpc) is 2.88. The summed E-state index contributed by atoms with van der Waals surface area (Å²) >= 11 is 0.621. The van der Waals surface area contributed by atoms with Crippen LogP contribution in [-0.4, -0.2) is 16.1 Å². The molecule has 1 heterocycles. The van der Waals surface area contributed by atoms with Gasteiger partial charge in [0.1, 0.15) is 5.54 Å². The van der Waals surface area contributed by atoms with E-state index in [9.17, 15) is 13.6 Å². The van der Waals surface area contributed by atoms with Crippen LogP contribution in [0, 0.1) is 0 Å². The van der Waals surface area contributed by atoms with Crippen molar-refractivity contribution in [1.82, 2.24) is 10.2 Å². The summed E-state index contributed by atoms with van der Waals surface area (Å²) in [5.41, 5.74) is 5.31. The lowest BCUT2D eigenvalue weighted by Crippen LogP contribution is -2.45. The summed E-state index contributed by atoms with van der Waals surface area (Å²) in [7, 11) is 0. The van der Waals surface area contributed by atoms with Gasteiger partial charge in [0.15, 0.2) is 5.01 Å². The number of hydrogen-bond acceptors (Lipinski definition) is 5. The average molecular weight is 298 g/mol. The number of nitrogens with zero attached hydrogens (tertiary/aromatic N) is 2. The number of alkyl halides is 2. The predicted molar refractivity (Wildman–Crippen MR) is 71.5 cm³/mol. The molecule has 0 aliphatic heterocycles. The first-order valence-corrected chi connectivity index (χ1v) is 6.50. The maximum absolute atomic E-state index is 12.4. The highest BCUT2D eigenvalue weighted by Gasteiger charge is 2.31. The monoisotopic (exact) mass is 298 g/mol. The predicted octanol–water partition coefficient (Wildman–Crippen LogP) is 2.29. The fraction of sp³-hybridized carbons (Fsp3) is 0.250. The van der Waals surface area contributed by atoms with Crippen molar-refractivity contribution in [2.75, 3.05) is 5.32 Å². The van der Waals surface area contributed by atoms with Crippen molar-refractivity contribution in [2.45, 2.75) is 18.9 Å². The molecule has 106 valence electrons. The third-order valence-electron chi connectivity index (χ3n) is 2.69. The van der Waals surface area contributed by atoms with Crippen molar-refractivity contribution < 1.29 is 13.6 Å². The number of anilines is 1. The Labute approximate surface area is 117 Å². The zero-order valence-corrected chi connectivity index (χ0v) is 11.3. The van der Waals surface area contributed by atoms with Crippen molar-refractivity contribution in [3.63, 3.8) is 0 Å². The molecule has 0 radical (unpaired) electrons. The van der Waals surface area contributed by atoms with E-state index in [0.29, 0.717) is 16.9 Å². The van der Waals surface area contributed by atoms with Crippen molar-refractivity contribution >= 4 is 22.4 Å². The van der Waals surface area contributed by atoms with Gasteiger partial charge in [-0.05, 0) is 12.5 Å². The number of rotatable bonds is 4. The topological polar surface area (TPSA) is 80.9 Å². The molecule has 0 saturated heterocycles. The molecule has 0 fully saturated rings. The molecule has 0 aliphatic rings. The molecule has 20 heavy (non-hydrogen) atoms. The first-order chi connectivity index (χ1) is 9.41. The maximum atomic E-state index is 12.4. The van der Waals surface area contributed by atoms with Gasteiger partial charge < -0.3 is 5.73 Å². The smallest absolute Gasteiger partial charge is 0.291 e. The standard InChI is InChI=1S/C12H12F2N4OS/c1-12(15,7-5-3-2-4-6-7)10(19)16-11-18-17-9(20-11)8(13)14/h2-6,8H,15H2,1H3,(H,16,18,19). The van der Waals surface area contributed by atoms with Gasteiger partial charge in [0, 0.05) is 0 Å². The van der Waals surface area contributed by atoms with Gasteiger partial charge in [0.25, 0.3) is 12.3 Å². The number of amides is 1. The van der Waals surface area contributed by atoms with Crippen molar-refractivity contribution in [3.05, 3.63) is 40.9 Å². The molecule has 0 bridgehead atoms. The Balaban J connectivity index is 2.14. The fourth-order valence-corrected chi connectivity index (χ4v) is 2.11. The maximum Gasteiger partial charge on any atom is 0.291 e. The molecule has 1 aromatic heterocycles. The zero-order valence-electron chi connectivity index (χ0n) is 10.5. The highest BCUT2D eigenvalue weighted by atomic mass is 32.1. The Morgan fingerprint density at radius 3 is 2.55 bits per heavy atom. The van der Waals surface area contributed by atoms with Crippen LogP contribution in [-0.2, 0) is 10.3 Å². The molecule has 8 heteroatoms. The third kappa shape index (κ3) is 2.97. The Kier molecular flexibility index (Phi) is 4.05. The lowest BCUT2D eigenvalue weighted by molar-refractivity contribution is -0.120. The van der Waals surface area contributed by atoms with Crippen LogP contribution in [0.1, 0.15) is 23.9 Å². The Hall–Kier alpha value is -1.93. The molecule has 0 aliphatic carbocycles. The van der Waals surface area contributed by atoms with Crippen molar-refractivity contribution in [3.8, 4) is 0 Å². The van der Waals surface area contributed by atoms with Crippen molar-refractivity contribution in [2.24, 2.45) is 5.73 Å².